The van der Waals surface area contributed by atoms with Crippen molar-refractivity contribution in [2.75, 3.05) is 5.73 Å². The van der Waals surface area contributed by atoms with Gasteiger partial charge in [-0.05, 0) is 17.7 Å². The van der Waals surface area contributed by atoms with Gasteiger partial charge in [-0.1, -0.05) is 17.3 Å². The Kier molecular flexibility index (Phi) is 2.86. The number of hydrogen-bond acceptors (Lipinski definition) is 6. The Morgan fingerprint density at radius 3 is 2.70 bits per heavy atom. The molecule has 0 unspecified atom stereocenters. The number of nitrogens with two attached hydrogens (primary N) is 1. The van der Waals surface area contributed by atoms with Gasteiger partial charge in [0, 0.05) is 13.5 Å². The molecular weight excluding hydrogens is 258 g/mol. The molecule has 0 atom stereocenters. The lowest BCUT2D eigenvalue weighted by atomic mass is 10.1. The Labute approximate surface area is 114 Å². The minimum Gasteiger partial charge on any atom is -0.508 e. The van der Waals surface area contributed by atoms with Gasteiger partial charge in [0.15, 0.2) is 5.82 Å². The molecule has 0 amide bonds. The Morgan fingerprint density at radius 1 is 1.30 bits per heavy atom. The van der Waals surface area contributed by atoms with Crippen molar-refractivity contribution in [3.05, 3.63) is 41.9 Å². The van der Waals surface area contributed by atoms with Gasteiger partial charge in [0.05, 0.1) is 6.20 Å². The van der Waals surface area contributed by atoms with E-state index in [0.29, 0.717) is 29.5 Å². The number of aromatic nitrogens is 4. The number of rotatable bonds is 3. The van der Waals surface area contributed by atoms with Gasteiger partial charge in [-0.25, -0.2) is 0 Å². The maximum absolute atomic E-state index is 9.24. The van der Waals surface area contributed by atoms with E-state index in [0.717, 1.165) is 5.56 Å². The van der Waals surface area contributed by atoms with Crippen LogP contribution in [0.15, 0.2) is 35.0 Å². The zero-order valence-corrected chi connectivity index (χ0v) is 10.8. The van der Waals surface area contributed by atoms with Gasteiger partial charge in [-0.15, -0.1) is 0 Å². The first-order valence-corrected chi connectivity index (χ1v) is 6.02. The molecule has 0 aliphatic carbocycles. The molecule has 2 aromatic heterocycles. The largest absolute Gasteiger partial charge is 0.508 e. The Morgan fingerprint density at radius 2 is 2.05 bits per heavy atom. The van der Waals surface area contributed by atoms with E-state index in [-0.39, 0.29) is 5.75 Å². The van der Waals surface area contributed by atoms with E-state index < -0.39 is 0 Å². The zero-order valence-electron chi connectivity index (χ0n) is 10.8. The molecule has 2 heterocycles. The smallest absolute Gasteiger partial charge is 0.263 e. The highest BCUT2D eigenvalue weighted by Gasteiger charge is 2.15. The van der Waals surface area contributed by atoms with Gasteiger partial charge < -0.3 is 15.4 Å². The topological polar surface area (TPSA) is 103 Å². The molecular formula is C13H13N5O2. The second-order valence-corrected chi connectivity index (χ2v) is 4.43. The number of nitrogen functional groups attached to an aromatic ring is 1. The molecule has 0 aliphatic rings. The molecule has 0 radical (unpaired) electrons. The van der Waals surface area contributed by atoms with Crippen LogP contribution in [0.25, 0.3) is 11.5 Å². The average molecular weight is 271 g/mol. The third-order valence-corrected chi connectivity index (χ3v) is 2.98. The lowest BCUT2D eigenvalue weighted by molar-refractivity contribution is 0.424. The highest BCUT2D eigenvalue weighted by molar-refractivity contribution is 5.66. The van der Waals surface area contributed by atoms with Crippen molar-refractivity contribution in [3.8, 4) is 17.2 Å². The van der Waals surface area contributed by atoms with Gasteiger partial charge in [0.1, 0.15) is 17.1 Å². The summed E-state index contributed by atoms with van der Waals surface area (Å²) in [5, 5.41) is 17.2. The number of phenols is 1. The Balaban J connectivity index is 1.83. The molecule has 0 saturated carbocycles. The van der Waals surface area contributed by atoms with Crippen LogP contribution in [0.3, 0.4) is 0 Å². The fraction of sp³-hybridized carbons (Fsp3) is 0.154. The molecule has 3 aromatic rings. The van der Waals surface area contributed by atoms with E-state index in [4.69, 9.17) is 10.3 Å². The van der Waals surface area contributed by atoms with Crippen molar-refractivity contribution in [2.45, 2.75) is 6.42 Å². The predicted molar refractivity (Wildman–Crippen MR) is 71.8 cm³/mol. The third kappa shape index (κ3) is 2.20. The molecule has 1 aromatic carbocycles. The lowest BCUT2D eigenvalue weighted by Gasteiger charge is -1.96. The van der Waals surface area contributed by atoms with E-state index in [1.807, 2.05) is 12.1 Å². The third-order valence-electron chi connectivity index (χ3n) is 2.98. The van der Waals surface area contributed by atoms with Crippen LogP contribution >= 0.6 is 0 Å². The molecule has 0 saturated heterocycles. The second-order valence-electron chi connectivity index (χ2n) is 4.43. The molecule has 0 spiro atoms. The number of benzene rings is 1. The highest BCUT2D eigenvalue weighted by Crippen LogP contribution is 2.23. The van der Waals surface area contributed by atoms with Gasteiger partial charge >= 0.3 is 0 Å². The van der Waals surface area contributed by atoms with Crippen LogP contribution in [0.1, 0.15) is 11.4 Å². The van der Waals surface area contributed by atoms with Crippen molar-refractivity contribution in [3.63, 3.8) is 0 Å². The SMILES string of the molecule is Cn1ncc(-c2nc(Cc3ccc(O)cc3)no2)c1N. The maximum atomic E-state index is 9.24. The van der Waals surface area contributed by atoms with Crippen molar-refractivity contribution >= 4 is 5.82 Å². The molecule has 3 N–H and O–H groups in total. The summed E-state index contributed by atoms with van der Waals surface area (Å²) in [6.45, 7) is 0. The summed E-state index contributed by atoms with van der Waals surface area (Å²) < 4.78 is 6.74. The highest BCUT2D eigenvalue weighted by atomic mass is 16.5. The van der Waals surface area contributed by atoms with E-state index in [1.165, 1.54) is 0 Å². The Hall–Kier alpha value is -2.83. The van der Waals surface area contributed by atoms with Gasteiger partial charge in [0.2, 0.25) is 0 Å². The molecule has 0 aliphatic heterocycles. The van der Waals surface area contributed by atoms with Crippen LogP contribution in [0.2, 0.25) is 0 Å². The van der Waals surface area contributed by atoms with Crippen molar-refractivity contribution in [1.29, 1.82) is 0 Å². The zero-order chi connectivity index (χ0) is 14.1. The predicted octanol–water partition coefficient (Wildman–Crippen LogP) is 1.35. The van der Waals surface area contributed by atoms with Crippen molar-refractivity contribution < 1.29 is 9.63 Å². The quantitative estimate of drug-likeness (QED) is 0.745. The van der Waals surface area contributed by atoms with Crippen LogP contribution in [0.4, 0.5) is 5.82 Å². The number of phenolic OH excluding ortho intramolecular Hbond substituents is 1. The fourth-order valence-corrected chi connectivity index (χ4v) is 1.84. The van der Waals surface area contributed by atoms with Gasteiger partial charge in [-0.2, -0.15) is 10.1 Å². The van der Waals surface area contributed by atoms with Crippen LogP contribution in [0, 0.1) is 0 Å². The van der Waals surface area contributed by atoms with Gasteiger partial charge in [0.25, 0.3) is 5.89 Å². The summed E-state index contributed by atoms with van der Waals surface area (Å²) >= 11 is 0. The first-order chi connectivity index (χ1) is 9.63. The number of aromatic hydroxyl groups is 1. The van der Waals surface area contributed by atoms with Crippen LogP contribution in [-0.2, 0) is 13.5 Å². The van der Waals surface area contributed by atoms with Crippen LogP contribution in [-0.4, -0.2) is 25.0 Å². The lowest BCUT2D eigenvalue weighted by Crippen LogP contribution is -1.98. The number of aryl methyl sites for hydroxylation is 1. The summed E-state index contributed by atoms with van der Waals surface area (Å²) in [5.74, 6) is 1.61. The molecule has 0 bridgehead atoms. The van der Waals surface area contributed by atoms with Crippen molar-refractivity contribution in [2.24, 2.45) is 7.05 Å². The summed E-state index contributed by atoms with van der Waals surface area (Å²) in [6.07, 6.45) is 2.11. The average Bonchev–Trinajstić information content (AvgIpc) is 3.01. The first kappa shape index (κ1) is 12.2. The molecule has 0 fully saturated rings. The first-order valence-electron chi connectivity index (χ1n) is 6.02. The number of hydrogen-bond donors (Lipinski definition) is 2. The second kappa shape index (κ2) is 4.69. The number of anilines is 1. The summed E-state index contributed by atoms with van der Waals surface area (Å²) in [5.41, 5.74) is 7.46. The molecule has 3 rings (SSSR count). The van der Waals surface area contributed by atoms with E-state index in [9.17, 15) is 5.11 Å². The number of nitrogens with zero attached hydrogens (tertiary/aromatic N) is 4. The van der Waals surface area contributed by atoms with Gasteiger partial charge in [-0.3, -0.25) is 4.68 Å². The summed E-state index contributed by atoms with van der Waals surface area (Å²) in [4.78, 5) is 4.30. The Bertz CT molecular complexity index is 730. The van der Waals surface area contributed by atoms with Crippen molar-refractivity contribution in [1.82, 2.24) is 19.9 Å². The minimum absolute atomic E-state index is 0.227. The normalized spacial score (nSPS) is 10.8. The molecule has 20 heavy (non-hydrogen) atoms. The monoisotopic (exact) mass is 271 g/mol. The van der Waals surface area contributed by atoms with E-state index >= 15 is 0 Å². The standard InChI is InChI=1S/C13H13N5O2/c1-18-12(14)10(7-15-18)13-16-11(17-20-13)6-8-2-4-9(19)5-3-8/h2-5,7,19H,6,14H2,1H3. The van der Waals surface area contributed by atoms with Crippen LogP contribution < -0.4 is 5.73 Å². The molecule has 102 valence electrons. The fourth-order valence-electron chi connectivity index (χ4n) is 1.84. The van der Waals surface area contributed by atoms with E-state index in [2.05, 4.69) is 15.2 Å². The summed E-state index contributed by atoms with van der Waals surface area (Å²) in [7, 11) is 1.74. The minimum atomic E-state index is 0.227. The van der Waals surface area contributed by atoms with Crippen LogP contribution in [0.5, 0.6) is 5.75 Å². The molecule has 7 nitrogen and oxygen atoms in total. The van der Waals surface area contributed by atoms with E-state index in [1.54, 1.807) is 30.1 Å². The summed E-state index contributed by atoms with van der Waals surface area (Å²) in [6, 6.07) is 6.86. The maximum Gasteiger partial charge on any atom is 0.263 e. The molecule has 7 heteroatoms.